The van der Waals surface area contributed by atoms with Crippen molar-refractivity contribution < 1.29 is 4.79 Å². The van der Waals surface area contributed by atoms with Crippen molar-refractivity contribution in [3.63, 3.8) is 0 Å². The quantitative estimate of drug-likeness (QED) is 0.903. The Morgan fingerprint density at radius 3 is 2.68 bits per heavy atom. The van der Waals surface area contributed by atoms with E-state index in [1.54, 1.807) is 0 Å². The van der Waals surface area contributed by atoms with Crippen LogP contribution in [0.4, 0.5) is 0 Å². The van der Waals surface area contributed by atoms with E-state index in [-0.39, 0.29) is 11.9 Å². The van der Waals surface area contributed by atoms with Gasteiger partial charge in [0.2, 0.25) is 0 Å². The van der Waals surface area contributed by atoms with Gasteiger partial charge in [0, 0.05) is 38.3 Å². The number of hydrogen-bond donors (Lipinski definition) is 2. The summed E-state index contributed by atoms with van der Waals surface area (Å²) in [5.41, 5.74) is 5.98. The smallest absolute Gasteiger partial charge is 0.251 e. The summed E-state index contributed by atoms with van der Waals surface area (Å²) in [6.07, 6.45) is 0.950. The van der Waals surface area contributed by atoms with Gasteiger partial charge in [0.15, 0.2) is 0 Å². The molecule has 0 radical (unpaired) electrons. The highest BCUT2D eigenvalue weighted by molar-refractivity contribution is 5.96. The van der Waals surface area contributed by atoms with E-state index in [2.05, 4.69) is 58.9 Å². The van der Waals surface area contributed by atoms with E-state index in [0.717, 1.165) is 44.7 Å². The monoisotopic (exact) mass is 335 g/mol. The van der Waals surface area contributed by atoms with Crippen LogP contribution in [0.2, 0.25) is 0 Å². The molecule has 130 valence electrons. The van der Waals surface area contributed by atoms with Gasteiger partial charge in [-0.25, -0.2) is 0 Å². The Kier molecular flexibility index (Phi) is 4.55. The first-order chi connectivity index (χ1) is 12.3. The van der Waals surface area contributed by atoms with Gasteiger partial charge >= 0.3 is 0 Å². The number of fused-ring (bicyclic) bond motifs is 3. The Labute approximate surface area is 149 Å². The second-order valence-corrected chi connectivity index (χ2v) is 6.83. The van der Waals surface area contributed by atoms with Crippen molar-refractivity contribution in [2.45, 2.75) is 19.4 Å². The van der Waals surface area contributed by atoms with Crippen molar-refractivity contribution in [2.75, 3.05) is 32.7 Å². The van der Waals surface area contributed by atoms with Crippen LogP contribution in [0.5, 0.6) is 0 Å². The summed E-state index contributed by atoms with van der Waals surface area (Å²) in [5, 5.41) is 6.43. The lowest BCUT2D eigenvalue weighted by Gasteiger charge is -2.34. The van der Waals surface area contributed by atoms with E-state index in [1.165, 1.54) is 22.3 Å². The zero-order chi connectivity index (χ0) is 17.2. The molecule has 4 rings (SSSR count). The molecule has 25 heavy (non-hydrogen) atoms. The lowest BCUT2D eigenvalue weighted by Crippen LogP contribution is -2.45. The fourth-order valence-corrected chi connectivity index (χ4v) is 4.00. The molecule has 2 aromatic rings. The van der Waals surface area contributed by atoms with Gasteiger partial charge in [0.25, 0.3) is 5.91 Å². The molecule has 1 saturated heterocycles. The highest BCUT2D eigenvalue weighted by Crippen LogP contribution is 2.46. The second-order valence-electron chi connectivity index (χ2n) is 6.83. The number of piperazine rings is 1. The van der Waals surface area contributed by atoms with E-state index in [1.807, 2.05) is 6.07 Å². The number of amides is 1. The Balaban J connectivity index is 1.74. The summed E-state index contributed by atoms with van der Waals surface area (Å²) >= 11 is 0. The molecule has 0 bridgehead atoms. The second kappa shape index (κ2) is 6.98. The van der Waals surface area contributed by atoms with Crippen molar-refractivity contribution in [2.24, 2.45) is 0 Å². The van der Waals surface area contributed by atoms with Crippen LogP contribution in [0.1, 0.15) is 40.9 Å². The van der Waals surface area contributed by atoms with Crippen molar-refractivity contribution >= 4 is 5.91 Å². The molecule has 4 nitrogen and oxygen atoms in total. The van der Waals surface area contributed by atoms with Gasteiger partial charge in [0.05, 0.1) is 6.04 Å². The van der Waals surface area contributed by atoms with E-state index in [0.29, 0.717) is 0 Å². The fourth-order valence-electron chi connectivity index (χ4n) is 4.00. The summed E-state index contributed by atoms with van der Waals surface area (Å²) < 4.78 is 0. The van der Waals surface area contributed by atoms with Crippen LogP contribution >= 0.6 is 0 Å². The number of benzene rings is 2. The number of carbonyl (C=O) groups is 1. The van der Waals surface area contributed by atoms with Gasteiger partial charge in [-0.1, -0.05) is 37.3 Å². The van der Waals surface area contributed by atoms with Crippen molar-refractivity contribution in [3.8, 4) is 11.1 Å². The highest BCUT2D eigenvalue weighted by atomic mass is 16.1. The number of hydrogen-bond acceptors (Lipinski definition) is 3. The summed E-state index contributed by atoms with van der Waals surface area (Å²) in [4.78, 5) is 15.0. The zero-order valence-corrected chi connectivity index (χ0v) is 14.7. The normalized spacial score (nSPS) is 19.3. The molecule has 0 saturated carbocycles. The molecule has 2 aromatic carbocycles. The predicted octanol–water partition coefficient (Wildman–Crippen LogP) is 2.80. The third-order valence-electron chi connectivity index (χ3n) is 5.21. The van der Waals surface area contributed by atoms with Gasteiger partial charge in [-0.05, 0) is 40.8 Å². The third-order valence-corrected chi connectivity index (χ3v) is 5.21. The van der Waals surface area contributed by atoms with Gasteiger partial charge in [0.1, 0.15) is 0 Å². The minimum Gasteiger partial charge on any atom is -0.352 e. The molecule has 4 heteroatoms. The minimum absolute atomic E-state index is 0.0275. The number of nitrogens with one attached hydrogen (secondary N) is 2. The van der Waals surface area contributed by atoms with Crippen molar-refractivity contribution in [3.05, 3.63) is 59.2 Å². The van der Waals surface area contributed by atoms with Crippen LogP contribution in [0.25, 0.3) is 11.1 Å². The van der Waals surface area contributed by atoms with Crippen LogP contribution in [-0.4, -0.2) is 43.5 Å². The Morgan fingerprint density at radius 2 is 1.88 bits per heavy atom. The van der Waals surface area contributed by atoms with Crippen LogP contribution in [-0.2, 0) is 0 Å². The molecule has 1 amide bonds. The first kappa shape index (κ1) is 16.3. The number of rotatable bonds is 4. The molecular formula is C21H25N3O. The first-order valence-corrected chi connectivity index (χ1v) is 9.26. The Hall–Kier alpha value is -2.17. The molecule has 1 fully saturated rings. The molecule has 1 heterocycles. The van der Waals surface area contributed by atoms with Gasteiger partial charge in [-0.2, -0.15) is 0 Å². The molecule has 1 aliphatic carbocycles. The van der Waals surface area contributed by atoms with Gasteiger partial charge in [-0.15, -0.1) is 0 Å². The molecule has 0 spiro atoms. The standard InChI is InChI=1S/C21H25N3O/c1-2-9-23-21(25)15-7-8-17-16-5-3-4-6-18(16)20(19(17)14-15)24-12-10-22-11-13-24/h3-8,14,20,22H,2,9-13H2,1H3,(H,23,25). The molecule has 1 unspecified atom stereocenters. The van der Waals surface area contributed by atoms with Crippen LogP contribution in [0, 0.1) is 0 Å². The van der Waals surface area contributed by atoms with Crippen molar-refractivity contribution in [1.29, 1.82) is 0 Å². The Morgan fingerprint density at radius 1 is 1.12 bits per heavy atom. The van der Waals surface area contributed by atoms with Gasteiger partial charge < -0.3 is 10.6 Å². The average molecular weight is 335 g/mol. The summed E-state index contributed by atoms with van der Waals surface area (Å²) in [6.45, 7) is 6.89. The molecule has 1 aliphatic heterocycles. The van der Waals surface area contributed by atoms with E-state index >= 15 is 0 Å². The predicted molar refractivity (Wildman–Crippen MR) is 101 cm³/mol. The fraction of sp³-hybridized carbons (Fsp3) is 0.381. The topological polar surface area (TPSA) is 44.4 Å². The SMILES string of the molecule is CCCNC(=O)c1ccc2c(c1)C(N1CCNCC1)c1ccccc1-2. The maximum Gasteiger partial charge on any atom is 0.251 e. The largest absolute Gasteiger partial charge is 0.352 e. The lowest BCUT2D eigenvalue weighted by atomic mass is 10.00. The Bertz CT molecular complexity index is 780. The number of carbonyl (C=O) groups excluding carboxylic acids is 1. The maximum absolute atomic E-state index is 12.4. The maximum atomic E-state index is 12.4. The molecular weight excluding hydrogens is 310 g/mol. The van der Waals surface area contributed by atoms with E-state index in [4.69, 9.17) is 0 Å². The minimum atomic E-state index is 0.0275. The highest BCUT2D eigenvalue weighted by Gasteiger charge is 2.33. The third kappa shape index (κ3) is 2.96. The van der Waals surface area contributed by atoms with E-state index in [9.17, 15) is 4.79 Å². The molecule has 1 atom stereocenters. The summed E-state index contributed by atoms with van der Waals surface area (Å²) in [5.74, 6) is 0.0275. The van der Waals surface area contributed by atoms with Crippen LogP contribution < -0.4 is 10.6 Å². The van der Waals surface area contributed by atoms with Crippen LogP contribution in [0.15, 0.2) is 42.5 Å². The molecule has 2 N–H and O–H groups in total. The van der Waals surface area contributed by atoms with Gasteiger partial charge in [-0.3, -0.25) is 9.69 Å². The van der Waals surface area contributed by atoms with Crippen molar-refractivity contribution in [1.82, 2.24) is 15.5 Å². The zero-order valence-electron chi connectivity index (χ0n) is 14.7. The first-order valence-electron chi connectivity index (χ1n) is 9.26. The van der Waals surface area contributed by atoms with Crippen LogP contribution in [0.3, 0.4) is 0 Å². The lowest BCUT2D eigenvalue weighted by molar-refractivity contribution is 0.0953. The molecule has 0 aromatic heterocycles. The summed E-state index contributed by atoms with van der Waals surface area (Å²) in [7, 11) is 0. The summed E-state index contributed by atoms with van der Waals surface area (Å²) in [6, 6.07) is 15.1. The number of nitrogens with zero attached hydrogens (tertiary/aromatic N) is 1. The molecule has 2 aliphatic rings. The average Bonchev–Trinajstić information content (AvgIpc) is 3.00. The van der Waals surface area contributed by atoms with E-state index < -0.39 is 0 Å².